The molecule has 5 fully saturated rings. The van der Waals surface area contributed by atoms with Gasteiger partial charge < -0.3 is 45.8 Å². The predicted octanol–water partition coefficient (Wildman–Crippen LogP) is 14.8. The molecule has 13 aliphatic carbocycles. The number of fused-ring (bicyclic) bond motifs is 15. The molecule has 7 aromatic carbocycles. The van der Waals surface area contributed by atoms with Crippen LogP contribution in [0.15, 0.2) is 174 Å². The van der Waals surface area contributed by atoms with E-state index in [1.807, 2.05) is 30.3 Å². The van der Waals surface area contributed by atoms with E-state index >= 15 is 9.90 Å². The topological polar surface area (TPSA) is 180 Å². The Balaban J connectivity index is 0.930. The number of allylic oxidation sites excluding steroid dienone is 6. The fraction of sp³-hybridized carbons (Fsp3) is 0.436. The molecule has 1 heterocycles. The highest BCUT2D eigenvalue weighted by atomic mass is 16.5. The fourth-order valence-corrected chi connectivity index (χ4v) is 27.8. The number of benzene rings is 7. The molecule has 16 bridgehead atoms. The van der Waals surface area contributed by atoms with Gasteiger partial charge in [-0.2, -0.15) is 0 Å². The van der Waals surface area contributed by atoms with Crippen molar-refractivity contribution < 1.29 is 45.3 Å². The van der Waals surface area contributed by atoms with E-state index in [4.69, 9.17) is 4.74 Å². The average Bonchev–Trinajstić information content (AvgIpc) is 1.59. The van der Waals surface area contributed by atoms with Gasteiger partial charge in [0, 0.05) is 82.6 Å². The number of ketones is 1. The first-order valence-corrected chi connectivity index (χ1v) is 39.3. The van der Waals surface area contributed by atoms with Gasteiger partial charge in [-0.1, -0.05) is 170 Å². The van der Waals surface area contributed by atoms with Crippen molar-refractivity contribution in [2.75, 3.05) is 7.11 Å². The second-order valence-electron chi connectivity index (χ2n) is 35.1. The molecule has 0 aromatic heterocycles. The minimum atomic E-state index is -1.40. The van der Waals surface area contributed by atoms with Gasteiger partial charge in [0.05, 0.1) is 37.9 Å². The fourth-order valence-electron chi connectivity index (χ4n) is 27.8. The number of phenolic OH excluding ortho intramolecular Hbond substituents is 3. The maximum absolute atomic E-state index is 18.1. The van der Waals surface area contributed by atoms with Crippen molar-refractivity contribution in [2.24, 2.45) is 64.1 Å². The number of methoxy groups -OCH3 is 1. The van der Waals surface area contributed by atoms with Gasteiger partial charge in [0.15, 0.2) is 23.0 Å². The number of aliphatic hydroxyl groups is 4. The van der Waals surface area contributed by atoms with Crippen LogP contribution in [-0.4, -0.2) is 79.0 Å². The first-order chi connectivity index (χ1) is 50.7. The first kappa shape index (κ1) is 62.9. The molecular weight excluding hydrogens is 1290 g/mol. The number of aromatic hydroxyl groups is 3. The van der Waals surface area contributed by atoms with E-state index in [1.54, 1.807) is 12.1 Å². The molecule has 8 N–H and O–H groups in total. The molecule has 5 spiro atoms. The lowest BCUT2D eigenvalue weighted by Gasteiger charge is -2.78. The second-order valence-corrected chi connectivity index (χ2v) is 35.1. The van der Waals surface area contributed by atoms with E-state index in [2.05, 4.69) is 144 Å². The van der Waals surface area contributed by atoms with Gasteiger partial charge in [0.25, 0.3) is 0 Å². The van der Waals surface area contributed by atoms with E-state index in [-0.39, 0.29) is 82.0 Å². The van der Waals surface area contributed by atoms with Crippen molar-refractivity contribution in [1.29, 1.82) is 0 Å². The summed E-state index contributed by atoms with van der Waals surface area (Å²) in [4.78, 5) is 18.1. The van der Waals surface area contributed by atoms with Gasteiger partial charge in [-0.05, 0) is 230 Å². The van der Waals surface area contributed by atoms with Crippen molar-refractivity contribution >= 4 is 22.1 Å². The highest BCUT2D eigenvalue weighted by molar-refractivity contribution is 5.93. The monoisotopic (exact) mass is 1380 g/mol. The van der Waals surface area contributed by atoms with Gasteiger partial charge in [-0.25, -0.2) is 0 Å². The maximum atomic E-state index is 18.1. The van der Waals surface area contributed by atoms with Crippen molar-refractivity contribution in [3.63, 3.8) is 0 Å². The largest absolute Gasteiger partial charge is 0.504 e. The van der Waals surface area contributed by atoms with Crippen LogP contribution in [0.2, 0.25) is 0 Å². The number of rotatable bonds is 7. The molecule has 1 saturated heterocycles. The lowest BCUT2D eigenvalue weighted by molar-refractivity contribution is -0.184. The molecule has 14 aliphatic rings. The summed E-state index contributed by atoms with van der Waals surface area (Å²) < 4.78 is 5.94. The predicted molar refractivity (Wildman–Crippen MR) is 399 cm³/mol. The molecule has 0 radical (unpaired) electrons. The van der Waals surface area contributed by atoms with Crippen LogP contribution >= 0.6 is 0 Å². The lowest BCUT2D eigenvalue weighted by atomic mass is 9.27. The molecule has 7 aromatic rings. The summed E-state index contributed by atoms with van der Waals surface area (Å²) in [6.45, 7) is -0.425. The molecule has 23 unspecified atom stereocenters. The zero-order chi connectivity index (χ0) is 69.8. The van der Waals surface area contributed by atoms with Crippen LogP contribution < -0.4 is 10.1 Å². The highest BCUT2D eigenvalue weighted by Crippen LogP contribution is 2.84. The minimum absolute atomic E-state index is 0.0000844. The molecule has 0 amide bonds. The molecular formula is C94H89NO9. The van der Waals surface area contributed by atoms with Crippen LogP contribution in [-0.2, 0) is 40.5 Å². The third-order valence-electron chi connectivity index (χ3n) is 31.4. The molecule has 21 rings (SSSR count). The Bertz CT molecular complexity index is 5200. The standard InChI is InChI=1S/C94H89NO9/c1-104-81-41-63(55(47-96)33-79(81)100)62-38-80(101)86-59-25-29-90-26-11-20-75-60(24-23-53(62)31-50-14-6-3-7-15-50)88(89(86)103)94-72-43-78(99)77(98)40-69(72)70-44-82(94)93-48-92(70)28-10-18-56(92)36-71(93)65-39-76(97)73-37-66(65)85(74(93)45-83(94)95-75)54-22-21-52-17-8-19-58(61(52)32-54)64(42-84(90)102)68-35-57(34-67(59)87(68)90)91(73)27-9-16-51(46-91)30-49-12-4-2-5-13-49/h2-8,12-15,17,19,21-22,25,29,32-37,40-41,43,51,53,56,59-60,62,64-65,70,74-76,82-84,86,88-89,95-100,102-103H,9-10,16,18,20,27-28,30-31,38-39,42,44-48H2,1H3. The van der Waals surface area contributed by atoms with Crippen LogP contribution in [0.3, 0.4) is 0 Å². The number of ether oxygens (including phenoxy) is 1. The molecule has 4 saturated carbocycles. The summed E-state index contributed by atoms with van der Waals surface area (Å²) in [5.41, 5.74) is 13.2. The number of nitrogens with one attached hydrogen (secondary N) is 1. The van der Waals surface area contributed by atoms with Crippen LogP contribution in [0.5, 0.6) is 23.0 Å². The first-order valence-electron chi connectivity index (χ1n) is 39.3. The third-order valence-corrected chi connectivity index (χ3v) is 31.4. The lowest BCUT2D eigenvalue weighted by Crippen LogP contribution is -2.79. The Hall–Kier alpha value is -8.45. The molecule has 104 heavy (non-hydrogen) atoms. The van der Waals surface area contributed by atoms with Crippen LogP contribution in [0.25, 0.3) is 16.3 Å². The van der Waals surface area contributed by atoms with E-state index in [0.717, 1.165) is 125 Å². The van der Waals surface area contributed by atoms with Gasteiger partial charge >= 0.3 is 0 Å². The Morgan fingerprint density at radius 1 is 0.721 bits per heavy atom. The van der Waals surface area contributed by atoms with Crippen molar-refractivity contribution in [1.82, 2.24) is 5.32 Å². The highest BCUT2D eigenvalue weighted by Gasteiger charge is 2.79. The van der Waals surface area contributed by atoms with E-state index < -0.39 is 94.2 Å². The van der Waals surface area contributed by atoms with E-state index in [0.29, 0.717) is 43.2 Å². The van der Waals surface area contributed by atoms with Crippen LogP contribution in [0.4, 0.5) is 0 Å². The summed E-state index contributed by atoms with van der Waals surface area (Å²) in [6, 6.07) is 46.6. The molecule has 524 valence electrons. The number of carbonyl (C=O) groups is 1. The van der Waals surface area contributed by atoms with Crippen molar-refractivity contribution in [3.8, 4) is 46.7 Å². The summed E-state index contributed by atoms with van der Waals surface area (Å²) in [5, 5.41) is 99.2. The quantitative estimate of drug-likeness (QED) is 0.0435. The number of piperidine rings is 1. The summed E-state index contributed by atoms with van der Waals surface area (Å²) in [6.07, 6.45) is 18.0. The average molecular weight is 1380 g/mol. The summed E-state index contributed by atoms with van der Waals surface area (Å²) in [7, 11) is 1.52. The Kier molecular flexibility index (Phi) is 13.4. The van der Waals surface area contributed by atoms with Crippen LogP contribution in [0, 0.1) is 87.8 Å². The summed E-state index contributed by atoms with van der Waals surface area (Å²) >= 11 is 0. The van der Waals surface area contributed by atoms with Crippen molar-refractivity contribution in [2.45, 2.75) is 180 Å². The van der Waals surface area contributed by atoms with Gasteiger partial charge in [0.1, 0.15) is 11.2 Å². The second kappa shape index (κ2) is 22.1. The maximum Gasteiger partial charge on any atom is 0.160 e. The van der Waals surface area contributed by atoms with Crippen molar-refractivity contribution in [3.05, 3.63) is 241 Å². The molecule has 23 atom stereocenters. The number of phenols is 3. The van der Waals surface area contributed by atoms with Crippen LogP contribution in [0.1, 0.15) is 180 Å². The van der Waals surface area contributed by atoms with Gasteiger partial charge in [-0.3, -0.25) is 4.79 Å². The SMILES string of the molecule is COc1cc(C2CC(=O)C3C4C=CC56C#CCC7NC8CC9C%10=C%11C=C(C(O)CC%11C%11=CC%12CCCC%12%13CC%119C9CC%13c%11cc(O)c(O)cc%11C89C(C3O)C7C#CC2Cc2ccccc2)C2(CCCC(Cc3ccccc3)C2)c2cc(c5c4c2)C(CC6O)c2cccc3ccc%10cc23)c(CO)cc1O. The van der Waals surface area contributed by atoms with E-state index in [9.17, 15) is 30.6 Å². The summed E-state index contributed by atoms with van der Waals surface area (Å²) in [5.74, 6) is 10.8. The number of Topliss-reactive ketones (excluding diaryl/α,β-unsaturated/α-hetero) is 1. The number of hydrogen-bond acceptors (Lipinski definition) is 10. The molecule has 10 nitrogen and oxygen atoms in total. The van der Waals surface area contributed by atoms with E-state index in [1.165, 1.54) is 35.0 Å². The minimum Gasteiger partial charge on any atom is -0.504 e. The normalized spacial score (nSPS) is 39.5. The number of aliphatic hydroxyl groups excluding tert-OH is 4. The molecule has 10 heteroatoms. The Morgan fingerprint density at radius 2 is 1.53 bits per heavy atom. The molecule has 1 aliphatic heterocycles. The Labute approximate surface area is 608 Å². The Morgan fingerprint density at radius 3 is 2.36 bits per heavy atom. The number of hydrogen-bond donors (Lipinski definition) is 8. The smallest absolute Gasteiger partial charge is 0.160 e. The third kappa shape index (κ3) is 8.05. The number of carbonyl (C=O) groups excluding carboxylic acids is 1. The zero-order valence-electron chi connectivity index (χ0n) is 58.9. The van der Waals surface area contributed by atoms with Gasteiger partial charge in [-0.15, -0.1) is 5.92 Å². The zero-order valence-corrected chi connectivity index (χ0v) is 58.9. The van der Waals surface area contributed by atoms with Gasteiger partial charge in [0.2, 0.25) is 0 Å².